The van der Waals surface area contributed by atoms with Crippen LogP contribution in [-0.2, 0) is 26.0 Å². The van der Waals surface area contributed by atoms with Crippen LogP contribution in [0.2, 0.25) is 0 Å². The van der Waals surface area contributed by atoms with E-state index in [0.717, 1.165) is 16.1 Å². The molecule has 0 unspecified atom stereocenters. The van der Waals surface area contributed by atoms with Crippen LogP contribution in [0, 0.1) is 0 Å². The first-order valence-electron chi connectivity index (χ1n) is 9.84. The van der Waals surface area contributed by atoms with E-state index >= 15 is 0 Å². The van der Waals surface area contributed by atoms with Crippen LogP contribution in [0.25, 0.3) is 0 Å². The zero-order valence-electron chi connectivity index (χ0n) is 18.2. The number of carbonyl (C=O) groups excluding carboxylic acids is 2. The largest absolute Gasteiger partial charge is 0.497 e. The minimum Gasteiger partial charge on any atom is -0.497 e. The lowest BCUT2D eigenvalue weighted by Crippen LogP contribution is -2.51. The lowest BCUT2D eigenvalue weighted by atomic mass is 10.1. The van der Waals surface area contributed by atoms with Crippen molar-refractivity contribution in [3.63, 3.8) is 0 Å². The Hall–Kier alpha value is -3.07. The normalized spacial score (nSPS) is 12.0. The van der Waals surface area contributed by atoms with Crippen molar-refractivity contribution in [1.82, 2.24) is 10.2 Å². The van der Waals surface area contributed by atoms with Crippen molar-refractivity contribution in [2.75, 3.05) is 37.8 Å². The van der Waals surface area contributed by atoms with Crippen LogP contribution in [0.3, 0.4) is 0 Å². The van der Waals surface area contributed by atoms with Gasteiger partial charge in [-0.05, 0) is 43.2 Å². The topological polar surface area (TPSA) is 96.0 Å². The van der Waals surface area contributed by atoms with E-state index in [1.807, 2.05) is 30.3 Å². The minimum absolute atomic E-state index is 0.275. The number of carbonyl (C=O) groups is 2. The number of rotatable bonds is 10. The van der Waals surface area contributed by atoms with E-state index in [1.165, 1.54) is 19.1 Å². The van der Waals surface area contributed by atoms with E-state index in [1.54, 1.807) is 31.2 Å². The molecule has 0 radical (unpaired) electrons. The van der Waals surface area contributed by atoms with Gasteiger partial charge in [-0.2, -0.15) is 0 Å². The number of amides is 2. The summed E-state index contributed by atoms with van der Waals surface area (Å²) in [6, 6.07) is 15.2. The van der Waals surface area contributed by atoms with E-state index in [2.05, 4.69) is 5.32 Å². The molecule has 1 atom stereocenters. The number of ether oxygens (including phenoxy) is 1. The van der Waals surface area contributed by atoms with Crippen molar-refractivity contribution in [3.8, 4) is 5.75 Å². The van der Waals surface area contributed by atoms with Crippen molar-refractivity contribution >= 4 is 27.5 Å². The second kappa shape index (κ2) is 10.8. The molecule has 2 amide bonds. The molecule has 0 bridgehead atoms. The van der Waals surface area contributed by atoms with Crippen molar-refractivity contribution in [1.29, 1.82) is 0 Å². The Balaban J connectivity index is 2.27. The summed E-state index contributed by atoms with van der Waals surface area (Å²) in [6.07, 6.45) is 1.58. The van der Waals surface area contributed by atoms with Crippen molar-refractivity contribution in [3.05, 3.63) is 60.2 Å². The molecule has 0 aliphatic rings. The van der Waals surface area contributed by atoms with Gasteiger partial charge in [0.25, 0.3) is 0 Å². The Bertz CT molecular complexity index is 978. The Morgan fingerprint density at radius 1 is 1.06 bits per heavy atom. The summed E-state index contributed by atoms with van der Waals surface area (Å²) in [7, 11) is -0.730. The number of hydrogen-bond donors (Lipinski definition) is 1. The molecular formula is C22H29N3O5S. The highest BCUT2D eigenvalue weighted by molar-refractivity contribution is 7.92. The average molecular weight is 448 g/mol. The van der Waals surface area contributed by atoms with Gasteiger partial charge in [-0.25, -0.2) is 8.42 Å². The summed E-state index contributed by atoms with van der Waals surface area (Å²) in [4.78, 5) is 26.8. The zero-order valence-corrected chi connectivity index (χ0v) is 19.1. The monoisotopic (exact) mass is 447 g/mol. The summed E-state index contributed by atoms with van der Waals surface area (Å²) in [5.74, 6) is -0.216. The Morgan fingerprint density at radius 3 is 2.19 bits per heavy atom. The quantitative estimate of drug-likeness (QED) is 0.598. The third-order valence-electron chi connectivity index (χ3n) is 4.94. The summed E-state index contributed by atoms with van der Waals surface area (Å²) in [5.41, 5.74) is 1.35. The number of hydrogen-bond acceptors (Lipinski definition) is 5. The van der Waals surface area contributed by atoms with Gasteiger partial charge in [-0.3, -0.25) is 13.9 Å². The Labute approximate surface area is 183 Å². The van der Waals surface area contributed by atoms with E-state index in [9.17, 15) is 18.0 Å². The molecular weight excluding hydrogens is 418 g/mol. The van der Waals surface area contributed by atoms with Crippen molar-refractivity contribution in [2.24, 2.45) is 0 Å². The number of nitrogens with zero attached hydrogens (tertiary/aromatic N) is 2. The van der Waals surface area contributed by atoms with E-state index < -0.39 is 28.5 Å². The molecule has 0 aromatic heterocycles. The number of anilines is 1. The molecule has 31 heavy (non-hydrogen) atoms. The standard InChI is InChI=1S/C22H29N3O5S/c1-17(22(27)23-2)24(15-14-18-8-6-5-7-9-18)21(26)16-25(31(4,28)29)19-10-12-20(30-3)13-11-19/h5-13,17H,14-16H2,1-4H3,(H,23,27)/t17-/m1/s1. The molecule has 2 aromatic carbocycles. The number of methoxy groups -OCH3 is 1. The van der Waals surface area contributed by atoms with Gasteiger partial charge in [0, 0.05) is 13.6 Å². The number of benzene rings is 2. The van der Waals surface area contributed by atoms with Crippen LogP contribution in [0.4, 0.5) is 5.69 Å². The van der Waals surface area contributed by atoms with Gasteiger partial charge in [-0.1, -0.05) is 30.3 Å². The molecule has 0 aliphatic heterocycles. The summed E-state index contributed by atoms with van der Waals surface area (Å²) in [6.45, 7) is 1.48. The van der Waals surface area contributed by atoms with Gasteiger partial charge >= 0.3 is 0 Å². The molecule has 2 aromatic rings. The predicted octanol–water partition coefficient (Wildman–Crippen LogP) is 1.67. The molecule has 0 spiro atoms. The molecule has 168 valence electrons. The van der Waals surface area contributed by atoms with Crippen LogP contribution < -0.4 is 14.4 Å². The average Bonchev–Trinajstić information content (AvgIpc) is 2.76. The van der Waals surface area contributed by atoms with E-state index in [4.69, 9.17) is 4.74 Å². The van der Waals surface area contributed by atoms with Crippen molar-refractivity contribution in [2.45, 2.75) is 19.4 Å². The number of nitrogens with one attached hydrogen (secondary N) is 1. The maximum atomic E-state index is 13.2. The third-order valence-corrected chi connectivity index (χ3v) is 6.08. The maximum Gasteiger partial charge on any atom is 0.244 e. The summed E-state index contributed by atoms with van der Waals surface area (Å²) >= 11 is 0. The number of likely N-dealkylation sites (N-methyl/N-ethyl adjacent to an activating group) is 1. The molecule has 0 heterocycles. The second-order valence-electron chi connectivity index (χ2n) is 7.08. The van der Waals surface area contributed by atoms with Crippen LogP contribution >= 0.6 is 0 Å². The highest BCUT2D eigenvalue weighted by Gasteiger charge is 2.29. The fraction of sp³-hybridized carbons (Fsp3) is 0.364. The first kappa shape index (κ1) is 24.2. The smallest absolute Gasteiger partial charge is 0.244 e. The highest BCUT2D eigenvalue weighted by Crippen LogP contribution is 2.22. The lowest BCUT2D eigenvalue weighted by Gasteiger charge is -2.31. The number of sulfonamides is 1. The molecule has 9 heteroatoms. The molecule has 0 fully saturated rings. The van der Waals surface area contributed by atoms with Crippen LogP contribution in [-0.4, -0.2) is 64.7 Å². The van der Waals surface area contributed by atoms with Gasteiger partial charge < -0.3 is 15.0 Å². The van der Waals surface area contributed by atoms with Crippen molar-refractivity contribution < 1.29 is 22.7 Å². The first-order valence-corrected chi connectivity index (χ1v) is 11.7. The lowest BCUT2D eigenvalue weighted by molar-refractivity contribution is -0.138. The third kappa shape index (κ3) is 6.71. The first-order chi connectivity index (χ1) is 14.7. The molecule has 0 aliphatic carbocycles. The predicted molar refractivity (Wildman–Crippen MR) is 121 cm³/mol. The SMILES string of the molecule is CNC(=O)[C@@H](C)N(CCc1ccccc1)C(=O)CN(c1ccc(OC)cc1)S(C)(=O)=O. The molecule has 2 rings (SSSR count). The van der Waals surface area contributed by atoms with Gasteiger partial charge in [0.2, 0.25) is 21.8 Å². The van der Waals surface area contributed by atoms with Crippen LogP contribution in [0.15, 0.2) is 54.6 Å². The summed E-state index contributed by atoms with van der Waals surface area (Å²) < 4.78 is 31.0. The summed E-state index contributed by atoms with van der Waals surface area (Å²) in [5, 5.41) is 2.55. The Kier molecular flexibility index (Phi) is 8.44. The van der Waals surface area contributed by atoms with Crippen LogP contribution in [0.1, 0.15) is 12.5 Å². The maximum absolute atomic E-state index is 13.2. The highest BCUT2D eigenvalue weighted by atomic mass is 32.2. The molecule has 8 nitrogen and oxygen atoms in total. The Morgan fingerprint density at radius 2 is 1.68 bits per heavy atom. The van der Waals surface area contributed by atoms with E-state index in [0.29, 0.717) is 17.9 Å². The molecule has 0 saturated carbocycles. The molecule has 0 saturated heterocycles. The minimum atomic E-state index is -3.74. The van der Waals surface area contributed by atoms with Gasteiger partial charge in [0.15, 0.2) is 0 Å². The second-order valence-corrected chi connectivity index (χ2v) is 8.99. The molecule has 1 N–H and O–H groups in total. The zero-order chi connectivity index (χ0) is 23.0. The fourth-order valence-corrected chi connectivity index (χ4v) is 3.99. The van der Waals surface area contributed by atoms with Gasteiger partial charge in [0.1, 0.15) is 18.3 Å². The fourth-order valence-electron chi connectivity index (χ4n) is 3.14. The van der Waals surface area contributed by atoms with Gasteiger partial charge in [-0.15, -0.1) is 0 Å². The van der Waals surface area contributed by atoms with Gasteiger partial charge in [0.05, 0.1) is 19.1 Å². The van der Waals surface area contributed by atoms with E-state index in [-0.39, 0.29) is 12.5 Å². The van der Waals surface area contributed by atoms with Crippen LogP contribution in [0.5, 0.6) is 5.75 Å².